The second-order valence-corrected chi connectivity index (χ2v) is 6.28. The molecule has 3 N–H and O–H groups in total. The molecule has 3 rings (SSSR count). The van der Waals surface area contributed by atoms with Crippen LogP contribution < -0.4 is 20.9 Å². The molecule has 5 heteroatoms. The molecule has 2 atom stereocenters. The van der Waals surface area contributed by atoms with Crippen LogP contribution in [0.4, 0.5) is 0 Å². The van der Waals surface area contributed by atoms with E-state index in [0.717, 1.165) is 16.9 Å². The summed E-state index contributed by atoms with van der Waals surface area (Å²) in [5, 5.41) is 3.02. The Morgan fingerprint density at radius 1 is 1.16 bits per heavy atom. The van der Waals surface area contributed by atoms with Crippen molar-refractivity contribution in [2.75, 3.05) is 6.61 Å². The molecule has 1 aliphatic heterocycles. The average molecular weight is 339 g/mol. The largest absolute Gasteiger partial charge is 0.494 e. The first kappa shape index (κ1) is 17.5. The van der Waals surface area contributed by atoms with Crippen molar-refractivity contribution in [3.63, 3.8) is 0 Å². The van der Waals surface area contributed by atoms with Crippen molar-refractivity contribution in [2.24, 2.45) is 0 Å². The van der Waals surface area contributed by atoms with Gasteiger partial charge in [-0.05, 0) is 49.1 Å². The van der Waals surface area contributed by atoms with Crippen LogP contribution in [-0.2, 0) is 11.3 Å². The van der Waals surface area contributed by atoms with Crippen LogP contribution in [0.25, 0.3) is 0 Å². The van der Waals surface area contributed by atoms with E-state index in [2.05, 4.69) is 29.2 Å². The smallest absolute Gasteiger partial charge is 0.238 e. The second-order valence-electron chi connectivity index (χ2n) is 6.28. The van der Waals surface area contributed by atoms with Gasteiger partial charge in [-0.3, -0.25) is 4.79 Å². The molecular weight excluding hydrogens is 314 g/mol. The number of rotatable bonds is 6. The molecule has 0 radical (unpaired) electrons. The van der Waals surface area contributed by atoms with Gasteiger partial charge in [0.25, 0.3) is 0 Å². The number of carbonyl (C=O) groups is 1. The van der Waals surface area contributed by atoms with E-state index in [0.29, 0.717) is 19.6 Å². The minimum absolute atomic E-state index is 0.0178. The molecule has 0 spiro atoms. The molecule has 25 heavy (non-hydrogen) atoms. The first-order chi connectivity index (χ1) is 12.2. The number of benzene rings is 2. The standard InChI is InChI=1S/C20H25N3O2/c1-3-25-17-10-8-15(9-11-17)18-12-19(23-22-18)20(24)21-13-16-7-5-4-6-14(16)2/h4-11,18-19,22-23H,3,12-13H2,1-2H3,(H,21,24). The third-order valence-corrected chi connectivity index (χ3v) is 4.53. The molecule has 1 heterocycles. The van der Waals surface area contributed by atoms with Crippen molar-refractivity contribution in [2.45, 2.75) is 38.9 Å². The van der Waals surface area contributed by atoms with Gasteiger partial charge in [0.15, 0.2) is 0 Å². The maximum atomic E-state index is 12.4. The molecule has 0 aliphatic carbocycles. The van der Waals surface area contributed by atoms with E-state index in [9.17, 15) is 4.79 Å². The molecule has 5 nitrogen and oxygen atoms in total. The monoisotopic (exact) mass is 339 g/mol. The first-order valence-corrected chi connectivity index (χ1v) is 8.73. The zero-order valence-corrected chi connectivity index (χ0v) is 14.7. The maximum Gasteiger partial charge on any atom is 0.238 e. The van der Waals surface area contributed by atoms with E-state index in [-0.39, 0.29) is 18.0 Å². The molecule has 0 aromatic heterocycles. The summed E-state index contributed by atoms with van der Waals surface area (Å²) in [6.45, 7) is 5.23. The molecule has 2 aromatic carbocycles. The van der Waals surface area contributed by atoms with Crippen LogP contribution in [0, 0.1) is 6.92 Å². The van der Waals surface area contributed by atoms with Crippen LogP contribution in [0.2, 0.25) is 0 Å². The van der Waals surface area contributed by atoms with E-state index < -0.39 is 0 Å². The molecule has 0 saturated carbocycles. The van der Waals surface area contributed by atoms with Crippen molar-refractivity contribution in [1.29, 1.82) is 0 Å². The summed E-state index contributed by atoms with van der Waals surface area (Å²) in [4.78, 5) is 12.4. The fraction of sp³-hybridized carbons (Fsp3) is 0.350. The Labute approximate surface area is 148 Å². The first-order valence-electron chi connectivity index (χ1n) is 8.73. The van der Waals surface area contributed by atoms with Crippen molar-refractivity contribution in [1.82, 2.24) is 16.2 Å². The Balaban J connectivity index is 1.53. The topological polar surface area (TPSA) is 62.4 Å². The Bertz CT molecular complexity index is 715. The minimum Gasteiger partial charge on any atom is -0.494 e. The Morgan fingerprint density at radius 2 is 1.92 bits per heavy atom. The molecular formula is C20H25N3O2. The van der Waals surface area contributed by atoms with Crippen LogP contribution in [0.15, 0.2) is 48.5 Å². The van der Waals surface area contributed by atoms with Crippen LogP contribution in [-0.4, -0.2) is 18.6 Å². The predicted molar refractivity (Wildman–Crippen MR) is 98.1 cm³/mol. The van der Waals surface area contributed by atoms with Crippen LogP contribution >= 0.6 is 0 Å². The normalized spacial score (nSPS) is 19.6. The summed E-state index contributed by atoms with van der Waals surface area (Å²) in [6, 6.07) is 16.0. The summed E-state index contributed by atoms with van der Waals surface area (Å²) in [5.74, 6) is 0.883. The Morgan fingerprint density at radius 3 is 2.64 bits per heavy atom. The lowest BCUT2D eigenvalue weighted by atomic mass is 10.0. The summed E-state index contributed by atoms with van der Waals surface area (Å²) in [5.41, 5.74) is 9.79. The highest BCUT2D eigenvalue weighted by atomic mass is 16.5. The van der Waals surface area contributed by atoms with Crippen molar-refractivity contribution >= 4 is 5.91 Å². The van der Waals surface area contributed by atoms with Gasteiger partial charge in [-0.2, -0.15) is 0 Å². The number of ether oxygens (including phenoxy) is 1. The lowest BCUT2D eigenvalue weighted by molar-refractivity contribution is -0.123. The van der Waals surface area contributed by atoms with Crippen LogP contribution in [0.5, 0.6) is 5.75 Å². The van der Waals surface area contributed by atoms with Gasteiger partial charge in [-0.25, -0.2) is 10.9 Å². The molecule has 1 saturated heterocycles. The van der Waals surface area contributed by atoms with Gasteiger partial charge >= 0.3 is 0 Å². The molecule has 132 valence electrons. The second kappa shape index (κ2) is 8.14. The number of amides is 1. The highest BCUT2D eigenvalue weighted by molar-refractivity contribution is 5.82. The van der Waals surface area contributed by atoms with Crippen LogP contribution in [0.1, 0.15) is 36.1 Å². The lowest BCUT2D eigenvalue weighted by Gasteiger charge is -2.12. The van der Waals surface area contributed by atoms with Gasteiger partial charge in [-0.1, -0.05) is 36.4 Å². The molecule has 2 unspecified atom stereocenters. The number of hydrogen-bond acceptors (Lipinski definition) is 4. The van der Waals surface area contributed by atoms with Gasteiger partial charge in [0.2, 0.25) is 5.91 Å². The lowest BCUT2D eigenvalue weighted by Crippen LogP contribution is -2.42. The third-order valence-electron chi connectivity index (χ3n) is 4.53. The summed E-state index contributed by atoms with van der Waals surface area (Å²) in [6.07, 6.45) is 0.716. The van der Waals surface area contributed by atoms with Gasteiger partial charge in [0.05, 0.1) is 6.61 Å². The number of hydrazine groups is 1. The number of nitrogens with one attached hydrogen (secondary N) is 3. The zero-order valence-electron chi connectivity index (χ0n) is 14.7. The molecule has 1 amide bonds. The van der Waals surface area contributed by atoms with Crippen LogP contribution in [0.3, 0.4) is 0 Å². The van der Waals surface area contributed by atoms with E-state index in [4.69, 9.17) is 4.74 Å². The van der Waals surface area contributed by atoms with E-state index in [1.165, 1.54) is 5.56 Å². The minimum atomic E-state index is -0.236. The van der Waals surface area contributed by atoms with E-state index >= 15 is 0 Å². The highest BCUT2D eigenvalue weighted by Crippen LogP contribution is 2.24. The summed E-state index contributed by atoms with van der Waals surface area (Å²) in [7, 11) is 0. The van der Waals surface area contributed by atoms with E-state index in [1.54, 1.807) is 0 Å². The average Bonchev–Trinajstić information content (AvgIpc) is 3.12. The number of carbonyl (C=O) groups excluding carboxylic acids is 1. The molecule has 2 aromatic rings. The quantitative estimate of drug-likeness (QED) is 0.757. The van der Waals surface area contributed by atoms with E-state index in [1.807, 2.05) is 49.4 Å². The fourth-order valence-corrected chi connectivity index (χ4v) is 3.02. The van der Waals surface area contributed by atoms with Crippen molar-refractivity contribution in [3.05, 3.63) is 65.2 Å². The zero-order chi connectivity index (χ0) is 17.6. The van der Waals surface area contributed by atoms with Gasteiger partial charge in [0, 0.05) is 12.6 Å². The van der Waals surface area contributed by atoms with Gasteiger partial charge in [0.1, 0.15) is 11.8 Å². The molecule has 1 fully saturated rings. The predicted octanol–water partition coefficient (Wildman–Crippen LogP) is 2.62. The van der Waals surface area contributed by atoms with Crippen molar-refractivity contribution < 1.29 is 9.53 Å². The Kier molecular flexibility index (Phi) is 5.68. The third kappa shape index (κ3) is 4.38. The fourth-order valence-electron chi connectivity index (χ4n) is 3.02. The summed E-state index contributed by atoms with van der Waals surface area (Å²) < 4.78 is 5.47. The van der Waals surface area contributed by atoms with Gasteiger partial charge in [-0.15, -0.1) is 0 Å². The number of hydrogen-bond donors (Lipinski definition) is 3. The molecule has 0 bridgehead atoms. The maximum absolute atomic E-state index is 12.4. The molecule has 1 aliphatic rings. The van der Waals surface area contributed by atoms with Crippen molar-refractivity contribution in [3.8, 4) is 5.75 Å². The van der Waals surface area contributed by atoms with Gasteiger partial charge < -0.3 is 10.1 Å². The Hall–Kier alpha value is -2.37. The number of aryl methyl sites for hydroxylation is 1. The summed E-state index contributed by atoms with van der Waals surface area (Å²) >= 11 is 0. The SMILES string of the molecule is CCOc1ccc(C2CC(C(=O)NCc3ccccc3C)NN2)cc1. The highest BCUT2D eigenvalue weighted by Gasteiger charge is 2.29.